The molecule has 3 nitrogen and oxygen atoms in total. The van der Waals surface area contributed by atoms with Crippen molar-refractivity contribution in [2.24, 2.45) is 5.41 Å². The first-order valence-corrected chi connectivity index (χ1v) is 8.07. The third-order valence-electron chi connectivity index (χ3n) is 3.03. The summed E-state index contributed by atoms with van der Waals surface area (Å²) in [5.41, 5.74) is 1.32. The number of aromatic amines is 1. The highest BCUT2D eigenvalue weighted by molar-refractivity contribution is 9.09. The zero-order valence-corrected chi connectivity index (χ0v) is 12.4. The van der Waals surface area contributed by atoms with Crippen molar-refractivity contribution in [2.75, 3.05) is 11.1 Å². The summed E-state index contributed by atoms with van der Waals surface area (Å²) in [5, 5.41) is 1.82. The average Bonchev–Trinajstić information content (AvgIpc) is 3.07. The van der Waals surface area contributed by atoms with Crippen molar-refractivity contribution in [1.29, 1.82) is 0 Å². The molecule has 0 radical (unpaired) electrons. The zero-order chi connectivity index (χ0) is 12.3. The van der Waals surface area contributed by atoms with Crippen LogP contribution in [0.15, 0.2) is 16.0 Å². The minimum absolute atomic E-state index is 0.0327. The number of hydrogen-bond acceptors (Lipinski definition) is 3. The largest absolute Gasteiger partial charge is 0.301 e. The fraction of sp³-hybridized carbons (Fsp3) is 0.667. The second-order valence-electron chi connectivity index (χ2n) is 4.71. The third kappa shape index (κ3) is 3.58. The Labute approximate surface area is 114 Å². The average molecular weight is 317 g/mol. The molecule has 94 valence electrons. The van der Waals surface area contributed by atoms with Crippen LogP contribution in [0.1, 0.15) is 31.9 Å². The van der Waals surface area contributed by atoms with Gasteiger partial charge in [-0.05, 0) is 24.7 Å². The molecule has 0 amide bonds. The van der Waals surface area contributed by atoms with Crippen LogP contribution in [0, 0.1) is 5.41 Å². The molecule has 1 aliphatic rings. The van der Waals surface area contributed by atoms with Gasteiger partial charge < -0.3 is 4.98 Å². The number of hydrogen-bond donors (Lipinski definition) is 1. The highest BCUT2D eigenvalue weighted by Gasteiger charge is 2.41. The first kappa shape index (κ1) is 13.1. The smallest absolute Gasteiger partial charge is 0.251 e. The Morgan fingerprint density at radius 1 is 1.59 bits per heavy atom. The third-order valence-corrected chi connectivity index (χ3v) is 5.45. The van der Waals surface area contributed by atoms with Gasteiger partial charge >= 0.3 is 0 Å². The summed E-state index contributed by atoms with van der Waals surface area (Å²) in [6, 6.07) is 1.60. The molecule has 1 saturated carbocycles. The summed E-state index contributed by atoms with van der Waals surface area (Å²) in [4.78, 5) is 18.8. The van der Waals surface area contributed by atoms with Crippen LogP contribution in [0.2, 0.25) is 0 Å². The van der Waals surface area contributed by atoms with Crippen LogP contribution >= 0.6 is 27.7 Å². The van der Waals surface area contributed by atoms with E-state index in [1.807, 2.05) is 0 Å². The van der Waals surface area contributed by atoms with E-state index in [-0.39, 0.29) is 5.56 Å². The maximum Gasteiger partial charge on any atom is 0.251 e. The molecule has 17 heavy (non-hydrogen) atoms. The van der Waals surface area contributed by atoms with Gasteiger partial charge in [-0.15, -0.1) is 0 Å². The molecule has 1 N–H and O–H groups in total. The van der Waals surface area contributed by atoms with Gasteiger partial charge in [0.05, 0.1) is 0 Å². The lowest BCUT2D eigenvalue weighted by atomic mass is 10.2. The molecule has 0 aromatic carbocycles. The number of rotatable bonds is 6. The lowest BCUT2D eigenvalue weighted by molar-refractivity contribution is 0.683. The molecule has 1 fully saturated rings. The Hall–Kier alpha value is -0.290. The maximum absolute atomic E-state index is 11.5. The number of H-pyrrole nitrogens is 1. The van der Waals surface area contributed by atoms with Crippen LogP contribution in [0.25, 0.3) is 0 Å². The number of aryl methyl sites for hydroxylation is 1. The van der Waals surface area contributed by atoms with Crippen LogP contribution in [-0.2, 0) is 6.42 Å². The summed E-state index contributed by atoms with van der Waals surface area (Å²) < 4.78 is 0. The van der Waals surface area contributed by atoms with E-state index in [1.165, 1.54) is 12.8 Å². The van der Waals surface area contributed by atoms with E-state index in [9.17, 15) is 4.79 Å². The number of alkyl halides is 1. The van der Waals surface area contributed by atoms with Gasteiger partial charge in [-0.25, -0.2) is 4.98 Å². The van der Waals surface area contributed by atoms with Crippen LogP contribution in [0.5, 0.6) is 0 Å². The molecule has 0 atom stereocenters. The molecule has 1 aromatic heterocycles. The number of aromatic nitrogens is 2. The van der Waals surface area contributed by atoms with Crippen LogP contribution < -0.4 is 5.56 Å². The molecule has 2 rings (SSSR count). The Kier molecular flexibility index (Phi) is 4.31. The fourth-order valence-electron chi connectivity index (χ4n) is 1.65. The minimum atomic E-state index is -0.0327. The monoisotopic (exact) mass is 316 g/mol. The molecule has 0 spiro atoms. The topological polar surface area (TPSA) is 45.8 Å². The Balaban J connectivity index is 2.02. The van der Waals surface area contributed by atoms with Crippen LogP contribution in [0.4, 0.5) is 0 Å². The van der Waals surface area contributed by atoms with Crippen molar-refractivity contribution in [1.82, 2.24) is 9.97 Å². The van der Waals surface area contributed by atoms with Gasteiger partial charge in [-0.2, -0.15) is 0 Å². The van der Waals surface area contributed by atoms with Gasteiger partial charge in [0.25, 0.3) is 5.56 Å². The van der Waals surface area contributed by atoms with Crippen molar-refractivity contribution in [2.45, 2.75) is 37.8 Å². The van der Waals surface area contributed by atoms with Crippen LogP contribution in [-0.4, -0.2) is 21.1 Å². The molecule has 0 unspecified atom stereocenters. The number of nitrogens with one attached hydrogen (secondary N) is 1. The van der Waals surface area contributed by atoms with E-state index >= 15 is 0 Å². The van der Waals surface area contributed by atoms with E-state index in [2.05, 4.69) is 32.8 Å². The van der Waals surface area contributed by atoms with Gasteiger partial charge in [0.15, 0.2) is 5.16 Å². The SMILES string of the molecule is CCCc1cc(=O)[nH]c(SCC2(CBr)CC2)n1. The molecule has 1 aromatic rings. The highest BCUT2D eigenvalue weighted by atomic mass is 79.9. The van der Waals surface area contributed by atoms with Crippen molar-refractivity contribution in [3.05, 3.63) is 22.1 Å². The van der Waals surface area contributed by atoms with Crippen LogP contribution in [0.3, 0.4) is 0 Å². The molecular formula is C12H17BrN2OS. The van der Waals surface area contributed by atoms with E-state index in [4.69, 9.17) is 0 Å². The lowest BCUT2D eigenvalue weighted by Crippen LogP contribution is -2.12. The second kappa shape index (κ2) is 5.57. The molecule has 5 heteroatoms. The van der Waals surface area contributed by atoms with Gasteiger partial charge in [0.1, 0.15) is 0 Å². The van der Waals surface area contributed by atoms with Gasteiger partial charge in [0, 0.05) is 22.8 Å². The Bertz CT molecular complexity index is 442. The number of nitrogens with zero attached hydrogens (tertiary/aromatic N) is 1. The standard InChI is InChI=1S/C12H17BrN2OS/c1-2-3-9-6-10(16)15-11(14-9)17-8-12(7-13)4-5-12/h6H,2-5,7-8H2,1H3,(H,14,15,16). The summed E-state index contributed by atoms with van der Waals surface area (Å²) in [7, 11) is 0. The van der Waals surface area contributed by atoms with E-state index in [0.29, 0.717) is 5.41 Å². The molecule has 1 aliphatic carbocycles. The predicted octanol–water partition coefficient (Wildman–Crippen LogP) is 2.99. The van der Waals surface area contributed by atoms with Gasteiger partial charge in [-0.1, -0.05) is 41.0 Å². The highest BCUT2D eigenvalue weighted by Crippen LogP contribution is 2.49. The van der Waals surface area contributed by atoms with Gasteiger partial charge in [0.2, 0.25) is 0 Å². The summed E-state index contributed by atoms with van der Waals surface area (Å²) in [5.74, 6) is 1.04. The number of halogens is 1. The molecular weight excluding hydrogens is 300 g/mol. The van der Waals surface area contributed by atoms with E-state index in [1.54, 1.807) is 17.8 Å². The van der Waals surface area contributed by atoms with E-state index < -0.39 is 0 Å². The van der Waals surface area contributed by atoms with Crippen molar-refractivity contribution in [3.8, 4) is 0 Å². The zero-order valence-electron chi connectivity index (χ0n) is 9.96. The minimum Gasteiger partial charge on any atom is -0.301 e. The molecule has 1 heterocycles. The Morgan fingerprint density at radius 3 is 2.94 bits per heavy atom. The summed E-state index contributed by atoms with van der Waals surface area (Å²) >= 11 is 5.23. The fourth-order valence-corrected chi connectivity index (χ4v) is 3.86. The van der Waals surface area contributed by atoms with E-state index in [0.717, 1.165) is 34.8 Å². The second-order valence-corrected chi connectivity index (χ2v) is 6.24. The summed E-state index contributed by atoms with van der Waals surface area (Å²) in [6.07, 6.45) is 4.46. The Morgan fingerprint density at radius 2 is 2.35 bits per heavy atom. The van der Waals surface area contributed by atoms with Crippen molar-refractivity contribution >= 4 is 27.7 Å². The normalized spacial score (nSPS) is 17.1. The lowest BCUT2D eigenvalue weighted by Gasteiger charge is -2.10. The number of thioether (sulfide) groups is 1. The quantitative estimate of drug-likeness (QED) is 0.498. The maximum atomic E-state index is 11.5. The van der Waals surface area contributed by atoms with Gasteiger partial charge in [-0.3, -0.25) is 4.79 Å². The molecule has 0 bridgehead atoms. The first-order valence-electron chi connectivity index (χ1n) is 5.96. The first-order chi connectivity index (χ1) is 8.17. The van der Waals surface area contributed by atoms with Crippen molar-refractivity contribution < 1.29 is 0 Å². The molecule has 0 saturated heterocycles. The summed E-state index contributed by atoms with van der Waals surface area (Å²) in [6.45, 7) is 2.10. The predicted molar refractivity (Wildman–Crippen MR) is 75.0 cm³/mol. The molecule has 0 aliphatic heterocycles. The van der Waals surface area contributed by atoms with Crippen molar-refractivity contribution in [3.63, 3.8) is 0 Å².